The van der Waals surface area contributed by atoms with Crippen LogP contribution in [-0.2, 0) is 6.54 Å². The van der Waals surface area contributed by atoms with Crippen molar-refractivity contribution in [3.63, 3.8) is 0 Å². The molecule has 1 heterocycles. The van der Waals surface area contributed by atoms with Gasteiger partial charge in [-0.15, -0.1) is 11.3 Å². The third-order valence-corrected chi connectivity index (χ3v) is 4.87. The molecule has 0 bridgehead atoms. The van der Waals surface area contributed by atoms with Crippen molar-refractivity contribution in [1.29, 1.82) is 0 Å². The van der Waals surface area contributed by atoms with Gasteiger partial charge in [-0.1, -0.05) is 12.1 Å². The molecule has 2 rings (SSSR count). The van der Waals surface area contributed by atoms with E-state index < -0.39 is 0 Å². The molecule has 0 radical (unpaired) electrons. The van der Waals surface area contributed by atoms with Crippen molar-refractivity contribution in [1.82, 2.24) is 4.90 Å². The van der Waals surface area contributed by atoms with Gasteiger partial charge in [-0.25, -0.2) is 4.39 Å². The third-order valence-electron chi connectivity index (χ3n) is 3.19. The highest BCUT2D eigenvalue weighted by Gasteiger charge is 2.22. The second kappa shape index (κ2) is 6.80. The lowest BCUT2D eigenvalue weighted by atomic mass is 9.99. The molecule has 0 fully saturated rings. The predicted molar refractivity (Wildman–Crippen MR) is 86.3 cm³/mol. The maximum absolute atomic E-state index is 13.4. The lowest BCUT2D eigenvalue weighted by molar-refractivity contribution is 0.212. The summed E-state index contributed by atoms with van der Waals surface area (Å²) in [5.41, 5.74) is 7.02. The van der Waals surface area contributed by atoms with E-state index >= 15 is 0 Å². The second-order valence-electron chi connectivity index (χ2n) is 5.01. The van der Waals surface area contributed by atoms with Crippen LogP contribution in [0.1, 0.15) is 23.4 Å². The maximum Gasteiger partial charge on any atom is 0.123 e. The molecule has 2 nitrogen and oxygen atoms in total. The van der Waals surface area contributed by atoms with E-state index in [2.05, 4.69) is 32.3 Å². The van der Waals surface area contributed by atoms with Crippen LogP contribution in [0.3, 0.4) is 0 Å². The van der Waals surface area contributed by atoms with E-state index in [4.69, 9.17) is 5.73 Å². The molecular formula is C15H18BrFN2S. The number of benzene rings is 1. The van der Waals surface area contributed by atoms with Gasteiger partial charge in [0.1, 0.15) is 5.82 Å². The molecule has 2 unspecified atom stereocenters. The summed E-state index contributed by atoms with van der Waals surface area (Å²) >= 11 is 5.16. The van der Waals surface area contributed by atoms with Gasteiger partial charge in [0.2, 0.25) is 0 Å². The maximum atomic E-state index is 13.4. The van der Waals surface area contributed by atoms with E-state index in [0.29, 0.717) is 0 Å². The number of likely N-dealkylation sites (N-methyl/N-ethyl adjacent to an activating group) is 1. The summed E-state index contributed by atoms with van der Waals surface area (Å²) in [6.45, 7) is 2.75. The molecule has 0 saturated heterocycles. The van der Waals surface area contributed by atoms with Crippen LogP contribution in [0.25, 0.3) is 0 Å². The smallest absolute Gasteiger partial charge is 0.123 e. The summed E-state index contributed by atoms with van der Waals surface area (Å²) < 4.78 is 14.5. The molecule has 0 aliphatic heterocycles. The van der Waals surface area contributed by atoms with Gasteiger partial charge in [-0.3, -0.25) is 4.90 Å². The fourth-order valence-electron chi connectivity index (χ4n) is 2.43. The molecule has 1 aromatic carbocycles. The fraction of sp³-hybridized carbons (Fsp3) is 0.333. The van der Waals surface area contributed by atoms with Crippen LogP contribution < -0.4 is 5.73 Å². The summed E-state index contributed by atoms with van der Waals surface area (Å²) in [7, 11) is 2.02. The molecule has 0 spiro atoms. The van der Waals surface area contributed by atoms with Gasteiger partial charge in [-0.05, 0) is 53.7 Å². The van der Waals surface area contributed by atoms with Gasteiger partial charge in [0.25, 0.3) is 0 Å². The van der Waals surface area contributed by atoms with Gasteiger partial charge in [-0.2, -0.15) is 0 Å². The Morgan fingerprint density at radius 3 is 2.70 bits per heavy atom. The summed E-state index contributed by atoms with van der Waals surface area (Å²) in [6.07, 6.45) is 0. The van der Waals surface area contributed by atoms with Crippen molar-refractivity contribution < 1.29 is 4.39 Å². The number of hydrogen-bond acceptors (Lipinski definition) is 3. The highest BCUT2D eigenvalue weighted by Crippen LogP contribution is 2.27. The topological polar surface area (TPSA) is 29.3 Å². The summed E-state index contributed by atoms with van der Waals surface area (Å²) in [4.78, 5) is 3.42. The Labute approximate surface area is 131 Å². The zero-order chi connectivity index (χ0) is 14.7. The first-order valence-electron chi connectivity index (χ1n) is 6.41. The Hall–Kier alpha value is -0.750. The lowest BCUT2D eigenvalue weighted by Crippen LogP contribution is -2.36. The average molecular weight is 357 g/mol. The minimum absolute atomic E-state index is 0.00780. The standard InChI is InChI=1S/C15H18BrFN2S/c1-10(18)15(11-4-3-5-13(17)6-11)19(2)8-14-7-12(16)9-20-14/h3-7,9-10,15H,8,18H2,1-2H3. The molecule has 0 aliphatic carbocycles. The van der Waals surface area contributed by atoms with Crippen LogP contribution in [0.5, 0.6) is 0 Å². The Morgan fingerprint density at radius 1 is 1.40 bits per heavy atom. The molecule has 20 heavy (non-hydrogen) atoms. The van der Waals surface area contributed by atoms with Gasteiger partial charge in [0.05, 0.1) is 0 Å². The zero-order valence-electron chi connectivity index (χ0n) is 11.5. The zero-order valence-corrected chi connectivity index (χ0v) is 13.9. The van der Waals surface area contributed by atoms with Crippen LogP contribution in [0, 0.1) is 5.82 Å². The average Bonchev–Trinajstić information content (AvgIpc) is 2.74. The minimum atomic E-state index is -0.222. The second-order valence-corrected chi connectivity index (χ2v) is 6.92. The fourth-order valence-corrected chi connectivity index (χ4v) is 3.94. The SMILES string of the molecule is CC(N)C(c1cccc(F)c1)N(C)Cc1cc(Br)cs1. The molecule has 2 atom stereocenters. The number of nitrogens with zero attached hydrogens (tertiary/aromatic N) is 1. The first-order chi connectivity index (χ1) is 9.47. The summed E-state index contributed by atoms with van der Waals surface area (Å²) in [5, 5.41) is 2.06. The first-order valence-corrected chi connectivity index (χ1v) is 8.09. The van der Waals surface area contributed by atoms with Crippen molar-refractivity contribution in [2.24, 2.45) is 5.73 Å². The molecular weight excluding hydrogens is 339 g/mol. The molecule has 108 valence electrons. The van der Waals surface area contributed by atoms with E-state index in [-0.39, 0.29) is 17.9 Å². The Morgan fingerprint density at radius 2 is 2.15 bits per heavy atom. The van der Waals surface area contributed by atoms with Crippen LogP contribution in [-0.4, -0.2) is 18.0 Å². The van der Waals surface area contributed by atoms with Crippen molar-refractivity contribution in [3.8, 4) is 0 Å². The number of hydrogen-bond donors (Lipinski definition) is 1. The van der Waals surface area contributed by atoms with Crippen LogP contribution >= 0.6 is 27.3 Å². The normalized spacial score (nSPS) is 14.5. The molecule has 2 aromatic rings. The highest BCUT2D eigenvalue weighted by molar-refractivity contribution is 9.10. The van der Waals surface area contributed by atoms with E-state index in [1.54, 1.807) is 23.5 Å². The van der Waals surface area contributed by atoms with E-state index in [1.807, 2.05) is 20.0 Å². The van der Waals surface area contributed by atoms with Crippen molar-refractivity contribution in [3.05, 3.63) is 56.4 Å². The third kappa shape index (κ3) is 3.88. The Bertz CT molecular complexity index is 571. The first kappa shape index (κ1) is 15.6. The van der Waals surface area contributed by atoms with Crippen LogP contribution in [0.2, 0.25) is 0 Å². The van der Waals surface area contributed by atoms with Gasteiger partial charge in [0.15, 0.2) is 0 Å². The predicted octanol–water partition coefficient (Wildman–Crippen LogP) is 4.17. The largest absolute Gasteiger partial charge is 0.326 e. The number of halogens is 2. The monoisotopic (exact) mass is 356 g/mol. The van der Waals surface area contributed by atoms with E-state index in [9.17, 15) is 4.39 Å². The Kier molecular flexibility index (Phi) is 5.32. The van der Waals surface area contributed by atoms with Crippen molar-refractivity contribution >= 4 is 27.3 Å². The minimum Gasteiger partial charge on any atom is -0.326 e. The van der Waals surface area contributed by atoms with Gasteiger partial charge < -0.3 is 5.73 Å². The molecule has 2 N–H and O–H groups in total. The lowest BCUT2D eigenvalue weighted by Gasteiger charge is -2.31. The molecule has 5 heteroatoms. The van der Waals surface area contributed by atoms with Crippen molar-refractivity contribution in [2.75, 3.05) is 7.05 Å². The van der Waals surface area contributed by atoms with Crippen molar-refractivity contribution in [2.45, 2.75) is 25.6 Å². The molecule has 0 aliphatic rings. The molecule has 0 saturated carbocycles. The van der Waals surface area contributed by atoms with Gasteiger partial charge in [0, 0.05) is 33.4 Å². The number of rotatable bonds is 5. The number of nitrogens with two attached hydrogens (primary N) is 1. The summed E-state index contributed by atoms with van der Waals surface area (Å²) in [6, 6.07) is 8.70. The highest BCUT2D eigenvalue weighted by atomic mass is 79.9. The molecule has 1 aromatic heterocycles. The quantitative estimate of drug-likeness (QED) is 0.870. The van der Waals surface area contributed by atoms with E-state index in [1.165, 1.54) is 10.9 Å². The van der Waals surface area contributed by atoms with Crippen LogP contribution in [0.4, 0.5) is 4.39 Å². The van der Waals surface area contributed by atoms with Gasteiger partial charge >= 0.3 is 0 Å². The summed E-state index contributed by atoms with van der Waals surface area (Å²) in [5.74, 6) is -0.222. The van der Waals surface area contributed by atoms with Crippen LogP contribution in [0.15, 0.2) is 40.2 Å². The molecule has 0 amide bonds. The Balaban J connectivity index is 2.20. The number of thiophene rings is 1. The van der Waals surface area contributed by atoms with E-state index in [0.717, 1.165) is 16.6 Å².